The molecule has 1 aromatic carbocycles. The second-order valence-electron chi connectivity index (χ2n) is 5.00. The van der Waals surface area contributed by atoms with E-state index in [9.17, 15) is 4.79 Å². The fourth-order valence-corrected chi connectivity index (χ4v) is 2.51. The lowest BCUT2D eigenvalue weighted by Crippen LogP contribution is -2.12. The van der Waals surface area contributed by atoms with Gasteiger partial charge >= 0.3 is 0 Å². The summed E-state index contributed by atoms with van der Waals surface area (Å²) in [6, 6.07) is 7.96. The maximum atomic E-state index is 12.0. The number of carbonyl (C=O) groups is 1. The zero-order valence-corrected chi connectivity index (χ0v) is 10.0. The second kappa shape index (κ2) is 5.29. The van der Waals surface area contributed by atoms with Gasteiger partial charge in [0.15, 0.2) is 5.78 Å². The Hall–Kier alpha value is -1.11. The van der Waals surface area contributed by atoms with Crippen molar-refractivity contribution >= 4 is 5.78 Å². The van der Waals surface area contributed by atoms with Crippen LogP contribution >= 0.6 is 0 Å². The molecule has 1 aliphatic rings. The number of ketones is 1. The smallest absolute Gasteiger partial charge is 0.163 e. The summed E-state index contributed by atoms with van der Waals surface area (Å²) in [5.41, 5.74) is 2.10. The molecule has 0 atom stereocenters. The number of carbonyl (C=O) groups excluding carboxylic acids is 1. The first-order valence-electron chi connectivity index (χ1n) is 6.35. The van der Waals surface area contributed by atoms with Crippen molar-refractivity contribution in [2.24, 2.45) is 5.92 Å². The predicted octanol–water partition coefficient (Wildman–Crippen LogP) is 4.15. The first-order chi connectivity index (χ1) is 7.75. The fraction of sp³-hybridized carbons (Fsp3) is 0.533. The Morgan fingerprint density at radius 3 is 2.38 bits per heavy atom. The van der Waals surface area contributed by atoms with Gasteiger partial charge in [0.2, 0.25) is 0 Å². The number of hydrogen-bond acceptors (Lipinski definition) is 1. The summed E-state index contributed by atoms with van der Waals surface area (Å²) in [6.07, 6.45) is 7.23. The molecule has 2 rings (SSSR count). The third-order valence-electron chi connectivity index (χ3n) is 3.57. The first-order valence-corrected chi connectivity index (χ1v) is 6.35. The molecule has 16 heavy (non-hydrogen) atoms. The topological polar surface area (TPSA) is 17.1 Å². The molecule has 0 aliphatic heterocycles. The van der Waals surface area contributed by atoms with E-state index in [0.29, 0.717) is 11.7 Å². The average Bonchev–Trinajstić information content (AvgIpc) is 2.31. The van der Waals surface area contributed by atoms with Crippen molar-refractivity contribution in [3.05, 3.63) is 35.4 Å². The van der Waals surface area contributed by atoms with Crippen LogP contribution in [0.25, 0.3) is 0 Å². The molecule has 1 aromatic rings. The van der Waals surface area contributed by atoms with Gasteiger partial charge in [0.1, 0.15) is 0 Å². The van der Waals surface area contributed by atoms with Gasteiger partial charge in [-0.15, -0.1) is 0 Å². The highest BCUT2D eigenvalue weighted by Gasteiger charge is 2.17. The van der Waals surface area contributed by atoms with Crippen molar-refractivity contribution in [1.82, 2.24) is 0 Å². The third-order valence-corrected chi connectivity index (χ3v) is 3.57. The van der Waals surface area contributed by atoms with Gasteiger partial charge in [-0.05, 0) is 12.8 Å². The molecule has 1 saturated carbocycles. The van der Waals surface area contributed by atoms with E-state index in [1.165, 1.54) is 37.7 Å². The number of aryl methyl sites for hydroxylation is 1. The second-order valence-corrected chi connectivity index (χ2v) is 5.00. The van der Waals surface area contributed by atoms with Gasteiger partial charge in [-0.3, -0.25) is 4.79 Å². The standard InChI is InChI=1S/C15H20O/c1-12-7-9-14(10-8-12)15(16)11-13-5-3-2-4-6-13/h7-10,13H,2-6,11H2,1H3. The minimum atomic E-state index is 0.326. The quantitative estimate of drug-likeness (QED) is 0.694. The van der Waals surface area contributed by atoms with Crippen molar-refractivity contribution in [3.63, 3.8) is 0 Å². The Kier molecular flexibility index (Phi) is 3.76. The van der Waals surface area contributed by atoms with E-state index in [1.54, 1.807) is 0 Å². The van der Waals surface area contributed by atoms with Crippen LogP contribution in [0.1, 0.15) is 54.4 Å². The van der Waals surface area contributed by atoms with Gasteiger partial charge < -0.3 is 0 Å². The summed E-state index contributed by atoms with van der Waals surface area (Å²) in [5, 5.41) is 0. The van der Waals surface area contributed by atoms with Gasteiger partial charge in [0.05, 0.1) is 0 Å². The maximum Gasteiger partial charge on any atom is 0.163 e. The highest BCUT2D eigenvalue weighted by Crippen LogP contribution is 2.27. The number of rotatable bonds is 3. The summed E-state index contributed by atoms with van der Waals surface area (Å²) in [5.74, 6) is 0.967. The predicted molar refractivity (Wildman–Crippen MR) is 66.7 cm³/mol. The third kappa shape index (κ3) is 2.94. The molecule has 1 fully saturated rings. The summed E-state index contributed by atoms with van der Waals surface area (Å²) in [4.78, 5) is 12.0. The Bertz CT molecular complexity index is 344. The van der Waals surface area contributed by atoms with Gasteiger partial charge in [-0.1, -0.05) is 61.9 Å². The molecule has 1 aliphatic carbocycles. The van der Waals surface area contributed by atoms with Crippen LogP contribution < -0.4 is 0 Å². The molecule has 0 spiro atoms. The average molecular weight is 216 g/mol. The van der Waals surface area contributed by atoms with Crippen LogP contribution in [0.5, 0.6) is 0 Å². The Morgan fingerprint density at radius 1 is 1.12 bits per heavy atom. The minimum Gasteiger partial charge on any atom is -0.294 e. The number of benzene rings is 1. The molecule has 0 amide bonds. The van der Waals surface area contributed by atoms with Crippen molar-refractivity contribution < 1.29 is 4.79 Å². The van der Waals surface area contributed by atoms with Crippen LogP contribution in [0.4, 0.5) is 0 Å². The first kappa shape index (κ1) is 11.4. The van der Waals surface area contributed by atoms with Gasteiger partial charge in [-0.2, -0.15) is 0 Å². The number of hydrogen-bond donors (Lipinski definition) is 0. The Labute approximate surface area is 97.9 Å². The van der Waals surface area contributed by atoms with Crippen LogP contribution in [0.15, 0.2) is 24.3 Å². The molecule has 1 heteroatoms. The Balaban J connectivity index is 1.94. The summed E-state index contributed by atoms with van der Waals surface area (Å²) < 4.78 is 0. The molecular formula is C15H20O. The monoisotopic (exact) mass is 216 g/mol. The molecule has 0 unspecified atom stereocenters. The van der Waals surface area contributed by atoms with Crippen LogP contribution in [-0.2, 0) is 0 Å². The summed E-state index contributed by atoms with van der Waals surface area (Å²) in [7, 11) is 0. The lowest BCUT2D eigenvalue weighted by atomic mass is 9.85. The zero-order valence-electron chi connectivity index (χ0n) is 10.0. The van der Waals surface area contributed by atoms with Crippen molar-refractivity contribution in [3.8, 4) is 0 Å². The van der Waals surface area contributed by atoms with Gasteiger partial charge in [0.25, 0.3) is 0 Å². The number of Topliss-reactive ketones (excluding diaryl/α,β-unsaturated/α-hetero) is 1. The minimum absolute atomic E-state index is 0.326. The van der Waals surface area contributed by atoms with Crippen LogP contribution in [-0.4, -0.2) is 5.78 Å². The van der Waals surface area contributed by atoms with E-state index >= 15 is 0 Å². The van der Waals surface area contributed by atoms with Gasteiger partial charge in [0, 0.05) is 12.0 Å². The van der Waals surface area contributed by atoms with E-state index in [-0.39, 0.29) is 0 Å². The highest BCUT2D eigenvalue weighted by molar-refractivity contribution is 5.96. The SMILES string of the molecule is Cc1ccc(C(=O)CC2CCCCC2)cc1. The largest absolute Gasteiger partial charge is 0.294 e. The zero-order chi connectivity index (χ0) is 11.4. The van der Waals surface area contributed by atoms with E-state index in [1.807, 2.05) is 24.3 Å². The Morgan fingerprint density at radius 2 is 1.75 bits per heavy atom. The van der Waals surface area contributed by atoms with Crippen molar-refractivity contribution in [2.75, 3.05) is 0 Å². The molecule has 0 heterocycles. The lowest BCUT2D eigenvalue weighted by molar-refractivity contribution is 0.0950. The maximum absolute atomic E-state index is 12.0. The van der Waals surface area contributed by atoms with E-state index in [0.717, 1.165) is 12.0 Å². The normalized spacial score (nSPS) is 17.3. The molecule has 86 valence electrons. The molecule has 0 radical (unpaired) electrons. The molecule has 0 N–H and O–H groups in total. The van der Waals surface area contributed by atoms with Crippen LogP contribution in [0.2, 0.25) is 0 Å². The summed E-state index contributed by atoms with van der Waals surface area (Å²) >= 11 is 0. The van der Waals surface area contributed by atoms with Crippen molar-refractivity contribution in [2.45, 2.75) is 45.4 Å². The molecule has 1 nitrogen and oxygen atoms in total. The fourth-order valence-electron chi connectivity index (χ4n) is 2.51. The molecule has 0 saturated heterocycles. The summed E-state index contributed by atoms with van der Waals surface area (Å²) in [6.45, 7) is 2.05. The van der Waals surface area contributed by atoms with Crippen LogP contribution in [0, 0.1) is 12.8 Å². The molecule has 0 aromatic heterocycles. The van der Waals surface area contributed by atoms with Crippen LogP contribution in [0.3, 0.4) is 0 Å². The molecular weight excluding hydrogens is 196 g/mol. The van der Waals surface area contributed by atoms with E-state index < -0.39 is 0 Å². The highest BCUT2D eigenvalue weighted by atomic mass is 16.1. The van der Waals surface area contributed by atoms with Gasteiger partial charge in [-0.25, -0.2) is 0 Å². The lowest BCUT2D eigenvalue weighted by Gasteiger charge is -2.20. The molecule has 0 bridgehead atoms. The van der Waals surface area contributed by atoms with E-state index in [2.05, 4.69) is 6.92 Å². The van der Waals surface area contributed by atoms with E-state index in [4.69, 9.17) is 0 Å². The van der Waals surface area contributed by atoms with Crippen molar-refractivity contribution in [1.29, 1.82) is 0 Å².